The standard InChI is InChI=1S/C21H18N2O/c24-19-12-22-16-9-5-11-18-21(16)20-15(19)8-4-10-17(20)23(18)13-14-6-2-1-3-7-14/h1-4,6-8,10H,5,9,11-13H2. The molecule has 24 heavy (non-hydrogen) atoms. The summed E-state index contributed by atoms with van der Waals surface area (Å²) in [7, 11) is 0. The minimum Gasteiger partial charge on any atom is -0.339 e. The molecule has 3 nitrogen and oxygen atoms in total. The van der Waals surface area contributed by atoms with Crippen molar-refractivity contribution < 1.29 is 4.79 Å². The van der Waals surface area contributed by atoms with Crippen molar-refractivity contribution in [2.24, 2.45) is 4.99 Å². The van der Waals surface area contributed by atoms with Gasteiger partial charge in [0, 0.05) is 40.0 Å². The van der Waals surface area contributed by atoms with Gasteiger partial charge in [-0.3, -0.25) is 9.79 Å². The molecule has 2 heterocycles. The van der Waals surface area contributed by atoms with Crippen LogP contribution in [-0.4, -0.2) is 22.6 Å². The van der Waals surface area contributed by atoms with Crippen molar-refractivity contribution in [2.45, 2.75) is 25.8 Å². The van der Waals surface area contributed by atoms with Gasteiger partial charge in [0.25, 0.3) is 0 Å². The molecule has 0 radical (unpaired) electrons. The molecule has 1 aromatic heterocycles. The highest BCUT2D eigenvalue weighted by molar-refractivity contribution is 6.22. The molecular formula is C21H18N2O. The van der Waals surface area contributed by atoms with Crippen LogP contribution in [0.25, 0.3) is 10.9 Å². The lowest BCUT2D eigenvalue weighted by atomic mass is 9.92. The van der Waals surface area contributed by atoms with Crippen molar-refractivity contribution in [3.8, 4) is 0 Å². The zero-order chi connectivity index (χ0) is 16.1. The van der Waals surface area contributed by atoms with Gasteiger partial charge in [-0.25, -0.2) is 0 Å². The lowest BCUT2D eigenvalue weighted by molar-refractivity contribution is 0.100. The van der Waals surface area contributed by atoms with E-state index in [-0.39, 0.29) is 5.78 Å². The summed E-state index contributed by atoms with van der Waals surface area (Å²) in [6, 6.07) is 16.7. The maximum atomic E-state index is 12.5. The van der Waals surface area contributed by atoms with Gasteiger partial charge in [0.15, 0.2) is 5.78 Å². The number of ketones is 1. The van der Waals surface area contributed by atoms with Gasteiger partial charge in [-0.1, -0.05) is 42.5 Å². The Morgan fingerprint density at radius 2 is 1.88 bits per heavy atom. The van der Waals surface area contributed by atoms with E-state index in [2.05, 4.69) is 39.9 Å². The quantitative estimate of drug-likeness (QED) is 0.703. The van der Waals surface area contributed by atoms with E-state index in [1.807, 2.05) is 18.2 Å². The number of benzene rings is 2. The third kappa shape index (κ3) is 1.91. The Bertz CT molecular complexity index is 996. The highest BCUT2D eigenvalue weighted by Gasteiger charge is 2.29. The summed E-state index contributed by atoms with van der Waals surface area (Å²) in [6.45, 7) is 1.14. The first-order valence-electron chi connectivity index (χ1n) is 8.58. The van der Waals surface area contributed by atoms with Crippen molar-refractivity contribution in [3.05, 3.63) is 70.9 Å². The van der Waals surface area contributed by atoms with E-state index >= 15 is 0 Å². The smallest absolute Gasteiger partial charge is 0.184 e. The fraction of sp³-hybridized carbons (Fsp3) is 0.238. The van der Waals surface area contributed by atoms with Gasteiger partial charge in [-0.15, -0.1) is 0 Å². The minimum atomic E-state index is 0.141. The second-order valence-corrected chi connectivity index (χ2v) is 6.63. The van der Waals surface area contributed by atoms with Gasteiger partial charge in [0.05, 0.1) is 0 Å². The summed E-state index contributed by atoms with van der Waals surface area (Å²) in [6.07, 6.45) is 3.16. The summed E-state index contributed by atoms with van der Waals surface area (Å²) >= 11 is 0. The van der Waals surface area contributed by atoms with E-state index in [1.165, 1.54) is 22.3 Å². The van der Waals surface area contributed by atoms with E-state index in [4.69, 9.17) is 0 Å². The molecule has 2 aromatic carbocycles. The second kappa shape index (κ2) is 5.17. The number of hydrogen-bond acceptors (Lipinski definition) is 2. The molecule has 0 fully saturated rings. The first-order chi connectivity index (χ1) is 11.8. The van der Waals surface area contributed by atoms with Crippen LogP contribution in [0.15, 0.2) is 53.5 Å². The van der Waals surface area contributed by atoms with Crippen LogP contribution in [0.5, 0.6) is 0 Å². The van der Waals surface area contributed by atoms with Crippen molar-refractivity contribution in [2.75, 3.05) is 6.54 Å². The van der Waals surface area contributed by atoms with Gasteiger partial charge in [0.1, 0.15) is 6.54 Å². The van der Waals surface area contributed by atoms with Crippen LogP contribution in [0.3, 0.4) is 0 Å². The predicted molar refractivity (Wildman–Crippen MR) is 96.2 cm³/mol. The Morgan fingerprint density at radius 1 is 1.00 bits per heavy atom. The molecule has 3 heteroatoms. The maximum absolute atomic E-state index is 12.5. The molecule has 3 aromatic rings. The Hall–Kier alpha value is -2.68. The number of carbonyl (C=O) groups is 1. The number of Topliss-reactive ketones (excluding diaryl/α,β-unsaturated/α-hetero) is 1. The zero-order valence-corrected chi connectivity index (χ0v) is 13.5. The third-order valence-electron chi connectivity index (χ3n) is 5.21. The van der Waals surface area contributed by atoms with Crippen LogP contribution >= 0.6 is 0 Å². The van der Waals surface area contributed by atoms with E-state index in [0.717, 1.165) is 42.5 Å². The molecule has 0 atom stereocenters. The molecule has 0 spiro atoms. The van der Waals surface area contributed by atoms with Crippen LogP contribution in [0, 0.1) is 0 Å². The normalized spacial score (nSPS) is 16.2. The lowest BCUT2D eigenvalue weighted by Gasteiger charge is -2.17. The summed E-state index contributed by atoms with van der Waals surface area (Å²) in [5.41, 5.74) is 7.03. The fourth-order valence-corrected chi connectivity index (χ4v) is 4.16. The van der Waals surface area contributed by atoms with Gasteiger partial charge in [0.2, 0.25) is 0 Å². The number of aliphatic imine (C=N–C) groups is 1. The Balaban J connectivity index is 1.83. The molecule has 0 bridgehead atoms. The Kier molecular flexibility index (Phi) is 2.96. The largest absolute Gasteiger partial charge is 0.339 e. The van der Waals surface area contributed by atoms with E-state index in [0.29, 0.717) is 6.54 Å². The SMILES string of the molecule is O=C1CN=C2CCCc3c2c2c1cccc2n3Cc1ccccc1. The number of rotatable bonds is 2. The highest BCUT2D eigenvalue weighted by atomic mass is 16.1. The molecule has 0 saturated carbocycles. The number of carbonyl (C=O) groups excluding carboxylic acids is 1. The summed E-state index contributed by atoms with van der Waals surface area (Å²) in [5.74, 6) is 0.141. The summed E-state index contributed by atoms with van der Waals surface area (Å²) in [5, 5.41) is 1.13. The van der Waals surface area contributed by atoms with Crippen LogP contribution in [0.1, 0.15) is 40.0 Å². The first-order valence-corrected chi connectivity index (χ1v) is 8.58. The van der Waals surface area contributed by atoms with Crippen molar-refractivity contribution in [1.82, 2.24) is 4.57 Å². The summed E-state index contributed by atoms with van der Waals surface area (Å²) in [4.78, 5) is 17.2. The molecule has 1 aliphatic heterocycles. The van der Waals surface area contributed by atoms with Gasteiger partial charge < -0.3 is 4.57 Å². The topological polar surface area (TPSA) is 34.4 Å². The zero-order valence-electron chi connectivity index (χ0n) is 13.5. The maximum Gasteiger partial charge on any atom is 0.184 e. The lowest BCUT2D eigenvalue weighted by Crippen LogP contribution is -2.15. The Labute approximate surface area is 140 Å². The highest BCUT2D eigenvalue weighted by Crippen LogP contribution is 2.36. The average molecular weight is 314 g/mol. The minimum absolute atomic E-state index is 0.141. The third-order valence-corrected chi connectivity index (χ3v) is 5.21. The molecule has 0 N–H and O–H groups in total. The second-order valence-electron chi connectivity index (χ2n) is 6.63. The van der Waals surface area contributed by atoms with Crippen LogP contribution in [0.4, 0.5) is 0 Å². The fourth-order valence-electron chi connectivity index (χ4n) is 4.16. The molecule has 0 amide bonds. The molecule has 0 unspecified atom stereocenters. The van der Waals surface area contributed by atoms with E-state index in [1.54, 1.807) is 0 Å². The molecule has 0 saturated heterocycles. The molecule has 2 aliphatic rings. The van der Waals surface area contributed by atoms with E-state index in [9.17, 15) is 4.79 Å². The molecular weight excluding hydrogens is 296 g/mol. The molecule has 118 valence electrons. The number of hydrogen-bond donors (Lipinski definition) is 0. The summed E-state index contributed by atoms with van der Waals surface area (Å²) < 4.78 is 2.40. The number of nitrogens with zero attached hydrogens (tertiary/aromatic N) is 2. The van der Waals surface area contributed by atoms with Crippen molar-refractivity contribution >= 4 is 22.4 Å². The van der Waals surface area contributed by atoms with Crippen molar-refractivity contribution in [1.29, 1.82) is 0 Å². The van der Waals surface area contributed by atoms with Gasteiger partial charge in [-0.05, 0) is 30.9 Å². The Morgan fingerprint density at radius 3 is 2.75 bits per heavy atom. The molecule has 5 rings (SSSR count). The number of aromatic nitrogens is 1. The van der Waals surface area contributed by atoms with Gasteiger partial charge in [-0.2, -0.15) is 0 Å². The van der Waals surface area contributed by atoms with E-state index < -0.39 is 0 Å². The van der Waals surface area contributed by atoms with Crippen LogP contribution in [0.2, 0.25) is 0 Å². The average Bonchev–Trinajstić information content (AvgIpc) is 2.86. The van der Waals surface area contributed by atoms with Crippen molar-refractivity contribution in [3.63, 3.8) is 0 Å². The van der Waals surface area contributed by atoms with Crippen LogP contribution in [-0.2, 0) is 13.0 Å². The first kappa shape index (κ1) is 13.7. The monoisotopic (exact) mass is 314 g/mol. The van der Waals surface area contributed by atoms with Gasteiger partial charge >= 0.3 is 0 Å². The molecule has 1 aliphatic carbocycles. The van der Waals surface area contributed by atoms with Crippen LogP contribution < -0.4 is 0 Å². The predicted octanol–water partition coefficient (Wildman–Crippen LogP) is 4.01.